The van der Waals surface area contributed by atoms with Crippen molar-refractivity contribution in [1.82, 2.24) is 19.9 Å². The summed E-state index contributed by atoms with van der Waals surface area (Å²) < 4.78 is 5.68. The largest absolute Gasteiger partial charge is 0.376 e. The summed E-state index contributed by atoms with van der Waals surface area (Å²) in [5.74, 6) is 1.46. The van der Waals surface area contributed by atoms with Crippen LogP contribution >= 0.6 is 0 Å². The smallest absolute Gasteiger partial charge is 0.295 e. The van der Waals surface area contributed by atoms with Gasteiger partial charge in [0.1, 0.15) is 23.1 Å². The molecule has 2 aliphatic rings. The van der Waals surface area contributed by atoms with Gasteiger partial charge < -0.3 is 34.5 Å². The third-order valence-electron chi connectivity index (χ3n) is 8.22. The van der Waals surface area contributed by atoms with Gasteiger partial charge in [-0.1, -0.05) is 42.5 Å². The average Bonchev–Trinajstić information content (AvgIpc) is 3.14. The molecule has 2 fully saturated rings. The molecule has 1 unspecified atom stereocenters. The molecule has 0 saturated carbocycles. The van der Waals surface area contributed by atoms with Gasteiger partial charge in [0.2, 0.25) is 5.95 Å². The molecule has 1 amide bonds. The first-order valence-electron chi connectivity index (χ1n) is 15.8. The SMILES string of the molecule is O=C(N=CC(COCc1ccccc1)C(O)O)c1cc(N2CCN(c3ccccn3)CC2)nc(N2CCN(c3ccccn3)CC2)n1. The van der Waals surface area contributed by atoms with E-state index in [1.165, 1.54) is 6.21 Å². The van der Waals surface area contributed by atoms with E-state index in [4.69, 9.17) is 9.72 Å². The van der Waals surface area contributed by atoms with Gasteiger partial charge in [0.25, 0.3) is 5.91 Å². The third-order valence-corrected chi connectivity index (χ3v) is 8.22. The van der Waals surface area contributed by atoms with Crippen molar-refractivity contribution < 1.29 is 19.7 Å². The van der Waals surface area contributed by atoms with Crippen LogP contribution in [0, 0.1) is 5.92 Å². The molecule has 0 bridgehead atoms. The summed E-state index contributed by atoms with van der Waals surface area (Å²) in [4.78, 5) is 44.7. The fourth-order valence-corrected chi connectivity index (χ4v) is 5.54. The molecule has 244 valence electrons. The molecule has 2 saturated heterocycles. The second-order valence-corrected chi connectivity index (χ2v) is 11.4. The molecule has 6 rings (SSSR count). The Labute approximate surface area is 273 Å². The lowest BCUT2D eigenvalue weighted by atomic mass is 10.1. The lowest BCUT2D eigenvalue weighted by molar-refractivity contribution is -0.0834. The van der Waals surface area contributed by atoms with E-state index in [1.54, 1.807) is 18.5 Å². The van der Waals surface area contributed by atoms with Gasteiger partial charge in [0.15, 0.2) is 6.29 Å². The van der Waals surface area contributed by atoms with Crippen LogP contribution < -0.4 is 19.6 Å². The number of benzene rings is 1. The van der Waals surface area contributed by atoms with Crippen molar-refractivity contribution in [3.8, 4) is 0 Å². The van der Waals surface area contributed by atoms with Gasteiger partial charge in [-0.05, 0) is 29.8 Å². The Balaban J connectivity index is 1.18. The Kier molecular flexibility index (Phi) is 10.6. The maximum atomic E-state index is 13.4. The Morgan fingerprint density at radius 1 is 0.745 bits per heavy atom. The molecule has 1 aromatic carbocycles. The lowest BCUT2D eigenvalue weighted by Crippen LogP contribution is -2.48. The van der Waals surface area contributed by atoms with Crippen LogP contribution in [0.25, 0.3) is 0 Å². The first-order chi connectivity index (χ1) is 23.0. The van der Waals surface area contributed by atoms with Crippen molar-refractivity contribution >= 4 is 35.5 Å². The highest BCUT2D eigenvalue weighted by atomic mass is 16.5. The van der Waals surface area contributed by atoms with E-state index >= 15 is 0 Å². The molecule has 4 aromatic rings. The normalized spacial score (nSPS) is 16.2. The van der Waals surface area contributed by atoms with Crippen molar-refractivity contribution in [2.75, 3.05) is 78.6 Å². The van der Waals surface area contributed by atoms with Crippen molar-refractivity contribution in [2.45, 2.75) is 12.9 Å². The van der Waals surface area contributed by atoms with Gasteiger partial charge in [0, 0.05) is 77.0 Å². The minimum absolute atomic E-state index is 0.0231. The molecular formula is C34H39N9O4. The number of piperazine rings is 2. The molecule has 5 heterocycles. The Morgan fingerprint density at radius 3 is 1.85 bits per heavy atom. The highest BCUT2D eigenvalue weighted by Gasteiger charge is 2.25. The topological polar surface area (TPSA) is 144 Å². The van der Waals surface area contributed by atoms with Crippen LogP contribution in [0.3, 0.4) is 0 Å². The predicted octanol–water partition coefficient (Wildman–Crippen LogP) is 2.27. The van der Waals surface area contributed by atoms with Gasteiger partial charge in [-0.3, -0.25) is 4.79 Å². The number of rotatable bonds is 11. The highest BCUT2D eigenvalue weighted by molar-refractivity contribution is 5.98. The minimum Gasteiger partial charge on any atom is -0.376 e. The zero-order chi connectivity index (χ0) is 32.4. The molecule has 2 aliphatic heterocycles. The molecule has 3 aromatic heterocycles. The maximum absolute atomic E-state index is 13.4. The first kappa shape index (κ1) is 32.0. The maximum Gasteiger partial charge on any atom is 0.295 e. The minimum atomic E-state index is -1.75. The molecule has 13 nitrogen and oxygen atoms in total. The number of aliphatic hydroxyl groups is 2. The van der Waals surface area contributed by atoms with Crippen LogP contribution in [0.4, 0.5) is 23.4 Å². The van der Waals surface area contributed by atoms with Crippen LogP contribution in [0.1, 0.15) is 16.1 Å². The van der Waals surface area contributed by atoms with Crippen molar-refractivity contribution in [3.63, 3.8) is 0 Å². The molecular weight excluding hydrogens is 598 g/mol. The van der Waals surface area contributed by atoms with Crippen LogP contribution in [0.2, 0.25) is 0 Å². The van der Waals surface area contributed by atoms with E-state index in [-0.39, 0.29) is 12.3 Å². The number of aliphatic imine (C=N–C) groups is 1. The van der Waals surface area contributed by atoms with Gasteiger partial charge in [-0.2, -0.15) is 4.98 Å². The Morgan fingerprint density at radius 2 is 1.30 bits per heavy atom. The van der Waals surface area contributed by atoms with Crippen LogP contribution in [0.15, 0.2) is 90.2 Å². The first-order valence-corrected chi connectivity index (χ1v) is 15.8. The Hall–Kier alpha value is -4.98. The summed E-state index contributed by atoms with van der Waals surface area (Å²) in [5, 5.41) is 19.9. The predicted molar refractivity (Wildman–Crippen MR) is 180 cm³/mol. The van der Waals surface area contributed by atoms with Crippen molar-refractivity contribution in [1.29, 1.82) is 0 Å². The summed E-state index contributed by atoms with van der Waals surface area (Å²) in [6.07, 6.45) is 3.07. The lowest BCUT2D eigenvalue weighted by Gasteiger charge is -2.37. The molecule has 0 aliphatic carbocycles. The number of hydrogen-bond acceptors (Lipinski definition) is 12. The number of aliphatic hydroxyl groups excluding tert-OH is 1. The zero-order valence-electron chi connectivity index (χ0n) is 26.1. The second-order valence-electron chi connectivity index (χ2n) is 11.4. The summed E-state index contributed by atoms with van der Waals surface area (Å²) in [5.41, 5.74) is 1.09. The number of carbonyl (C=O) groups excluding carboxylic acids is 1. The van der Waals surface area contributed by atoms with Crippen molar-refractivity contribution in [2.24, 2.45) is 10.9 Å². The fourth-order valence-electron chi connectivity index (χ4n) is 5.54. The van der Waals surface area contributed by atoms with Crippen LogP contribution in [-0.4, -0.2) is 108 Å². The van der Waals surface area contributed by atoms with E-state index < -0.39 is 18.1 Å². The van der Waals surface area contributed by atoms with E-state index in [0.29, 0.717) is 44.6 Å². The number of hydrogen-bond donors (Lipinski definition) is 2. The number of amides is 1. The average molecular weight is 638 g/mol. The molecule has 0 spiro atoms. The Bertz CT molecular complexity index is 1520. The molecule has 2 N–H and O–H groups in total. The van der Waals surface area contributed by atoms with Crippen molar-refractivity contribution in [3.05, 3.63) is 96.4 Å². The molecule has 0 radical (unpaired) electrons. The zero-order valence-corrected chi connectivity index (χ0v) is 26.1. The highest BCUT2D eigenvalue weighted by Crippen LogP contribution is 2.23. The van der Waals surface area contributed by atoms with E-state index in [2.05, 4.69) is 39.5 Å². The number of pyridine rings is 2. The molecule has 13 heteroatoms. The summed E-state index contributed by atoms with van der Waals surface area (Å²) in [7, 11) is 0. The summed E-state index contributed by atoms with van der Waals surface area (Å²) >= 11 is 0. The number of ether oxygens (including phenoxy) is 1. The molecule has 47 heavy (non-hydrogen) atoms. The van der Waals surface area contributed by atoms with Crippen LogP contribution in [0.5, 0.6) is 0 Å². The van der Waals surface area contributed by atoms with Gasteiger partial charge in [0.05, 0.1) is 19.1 Å². The van der Waals surface area contributed by atoms with E-state index in [1.807, 2.05) is 66.7 Å². The quantitative estimate of drug-likeness (QED) is 0.184. The van der Waals surface area contributed by atoms with Gasteiger partial charge in [-0.25, -0.2) is 19.9 Å². The van der Waals surface area contributed by atoms with Gasteiger partial charge in [-0.15, -0.1) is 0 Å². The standard InChI is InChI=1S/C34H39N9O4/c44-32(37-23-27(33(45)46)25-47-24-26-8-2-1-3-9-26)28-22-31(42-16-14-40(15-17-42)29-10-4-6-12-35-29)39-34(38-28)43-20-18-41(19-21-43)30-11-5-7-13-36-30/h1-13,22-23,27,33,45-46H,14-21,24-25H2. The fraction of sp³-hybridized carbons (Fsp3) is 0.353. The second kappa shape index (κ2) is 15.5. The van der Waals surface area contributed by atoms with E-state index in [9.17, 15) is 15.0 Å². The number of anilines is 4. The van der Waals surface area contributed by atoms with E-state index in [0.717, 1.165) is 43.4 Å². The molecule has 1 atom stereocenters. The number of nitrogens with zero attached hydrogens (tertiary/aromatic N) is 9. The monoisotopic (exact) mass is 637 g/mol. The number of aromatic nitrogens is 4. The summed E-state index contributed by atoms with van der Waals surface area (Å²) in [6, 6.07) is 23.0. The number of carbonyl (C=O) groups is 1. The summed E-state index contributed by atoms with van der Waals surface area (Å²) in [6.45, 7) is 5.92. The van der Waals surface area contributed by atoms with Crippen LogP contribution in [-0.2, 0) is 11.3 Å². The third kappa shape index (κ3) is 8.44. The van der Waals surface area contributed by atoms with Gasteiger partial charge >= 0.3 is 0 Å².